The maximum Gasteiger partial charge on any atom is 0.321 e. The molecule has 28 heavy (non-hydrogen) atoms. The second-order valence-corrected chi connectivity index (χ2v) is 7.30. The van der Waals surface area contributed by atoms with E-state index in [2.05, 4.69) is 15.6 Å². The number of aromatic nitrogens is 3. The molecule has 0 spiro atoms. The van der Waals surface area contributed by atoms with Crippen molar-refractivity contribution >= 4 is 23.3 Å². The number of hydrogen-bond donors (Lipinski definition) is 1. The van der Waals surface area contributed by atoms with Crippen LogP contribution in [0.25, 0.3) is 5.69 Å². The molecule has 0 atom stereocenters. The Labute approximate surface area is 168 Å². The minimum absolute atomic E-state index is 0.0936. The summed E-state index contributed by atoms with van der Waals surface area (Å²) in [6, 6.07) is 9.29. The molecule has 3 heterocycles. The minimum Gasteiger partial charge on any atom is -0.365 e. The van der Waals surface area contributed by atoms with Gasteiger partial charge in [-0.2, -0.15) is 5.10 Å². The fourth-order valence-electron chi connectivity index (χ4n) is 3.63. The van der Waals surface area contributed by atoms with Gasteiger partial charge < -0.3 is 14.7 Å². The Morgan fingerprint density at radius 3 is 2.64 bits per heavy atom. The van der Waals surface area contributed by atoms with E-state index in [0.717, 1.165) is 42.0 Å². The van der Waals surface area contributed by atoms with Crippen LogP contribution in [0.2, 0.25) is 5.02 Å². The van der Waals surface area contributed by atoms with E-state index in [4.69, 9.17) is 16.1 Å². The average molecular weight is 400 g/mol. The summed E-state index contributed by atoms with van der Waals surface area (Å²) in [6.45, 7) is 3.43. The summed E-state index contributed by atoms with van der Waals surface area (Å²) in [7, 11) is 0. The van der Waals surface area contributed by atoms with Crippen molar-refractivity contribution in [1.29, 1.82) is 0 Å². The second-order valence-electron chi connectivity index (χ2n) is 6.86. The van der Waals surface area contributed by atoms with Crippen LogP contribution in [0.3, 0.4) is 0 Å². The molecule has 1 N–H and O–H groups in total. The van der Waals surface area contributed by atoms with Crippen molar-refractivity contribution in [2.45, 2.75) is 32.1 Å². The van der Waals surface area contributed by atoms with Crippen LogP contribution in [0, 0.1) is 0 Å². The number of amides is 2. The molecule has 1 aliphatic heterocycles. The zero-order chi connectivity index (χ0) is 19.5. The van der Waals surface area contributed by atoms with Crippen LogP contribution < -0.4 is 5.32 Å². The summed E-state index contributed by atoms with van der Waals surface area (Å²) in [5.41, 5.74) is 3.57. The molecule has 0 bridgehead atoms. The number of carbonyl (C=O) groups is 1. The lowest BCUT2D eigenvalue weighted by Gasteiger charge is -2.31. The normalized spacial score (nSPS) is 15.0. The first kappa shape index (κ1) is 18.6. The summed E-state index contributed by atoms with van der Waals surface area (Å²) in [4.78, 5) is 14.6. The highest BCUT2D eigenvalue weighted by molar-refractivity contribution is 6.30. The van der Waals surface area contributed by atoms with Crippen molar-refractivity contribution in [3.63, 3.8) is 0 Å². The third-order valence-corrected chi connectivity index (χ3v) is 5.43. The van der Waals surface area contributed by atoms with Crippen molar-refractivity contribution in [1.82, 2.24) is 19.8 Å². The van der Waals surface area contributed by atoms with Gasteiger partial charge in [-0.25, -0.2) is 9.48 Å². The molecular weight excluding hydrogens is 378 g/mol. The van der Waals surface area contributed by atoms with Gasteiger partial charge in [-0.3, -0.25) is 0 Å². The molecule has 2 aromatic heterocycles. The van der Waals surface area contributed by atoms with Gasteiger partial charge in [-0.05, 0) is 43.5 Å². The molecule has 2 amide bonds. The van der Waals surface area contributed by atoms with Crippen molar-refractivity contribution in [3.05, 3.63) is 59.2 Å². The predicted octanol–water partition coefficient (Wildman–Crippen LogP) is 4.49. The Kier molecular flexibility index (Phi) is 5.34. The fourth-order valence-corrected chi connectivity index (χ4v) is 3.75. The molecule has 0 aliphatic carbocycles. The van der Waals surface area contributed by atoms with Crippen molar-refractivity contribution in [3.8, 4) is 5.69 Å². The van der Waals surface area contributed by atoms with Crippen molar-refractivity contribution in [2.24, 2.45) is 0 Å². The van der Waals surface area contributed by atoms with Crippen molar-refractivity contribution < 1.29 is 9.32 Å². The third-order valence-electron chi connectivity index (χ3n) is 5.17. The lowest BCUT2D eigenvalue weighted by atomic mass is 9.94. The Morgan fingerprint density at radius 1 is 1.25 bits per heavy atom. The highest BCUT2D eigenvalue weighted by Crippen LogP contribution is 2.27. The molecule has 0 saturated carbocycles. The van der Waals surface area contributed by atoms with Gasteiger partial charge >= 0.3 is 6.03 Å². The standard InChI is InChI=1S/C20H22ClN5O2/c1-2-19-18(13-22-26(19)16-5-3-15(21)4-6-16)23-20(27)25-10-7-14(8-11-25)17-9-12-28-24-17/h3-6,9,12-14H,2,7-8,10-11H2,1H3,(H,23,27). The van der Waals surface area contributed by atoms with Crippen LogP contribution in [0.4, 0.5) is 10.5 Å². The van der Waals surface area contributed by atoms with Crippen LogP contribution >= 0.6 is 11.6 Å². The first-order valence-electron chi connectivity index (χ1n) is 9.44. The number of anilines is 1. The number of rotatable bonds is 4. The van der Waals surface area contributed by atoms with Gasteiger partial charge in [0.2, 0.25) is 0 Å². The lowest BCUT2D eigenvalue weighted by Crippen LogP contribution is -2.40. The lowest BCUT2D eigenvalue weighted by molar-refractivity contribution is 0.193. The molecule has 3 aromatic rings. The van der Waals surface area contributed by atoms with E-state index in [0.29, 0.717) is 24.0 Å². The van der Waals surface area contributed by atoms with E-state index < -0.39 is 0 Å². The summed E-state index contributed by atoms with van der Waals surface area (Å²) in [5.74, 6) is 0.349. The Morgan fingerprint density at radius 2 is 2.00 bits per heavy atom. The summed E-state index contributed by atoms with van der Waals surface area (Å²) in [5, 5.41) is 12.2. The van der Waals surface area contributed by atoms with Gasteiger partial charge in [-0.1, -0.05) is 23.7 Å². The number of halogens is 1. The Hall–Kier alpha value is -2.80. The summed E-state index contributed by atoms with van der Waals surface area (Å²) < 4.78 is 6.77. The molecule has 1 aliphatic rings. The zero-order valence-electron chi connectivity index (χ0n) is 15.6. The molecule has 1 fully saturated rings. The first-order valence-corrected chi connectivity index (χ1v) is 9.82. The van der Waals surface area contributed by atoms with Crippen LogP contribution in [-0.2, 0) is 6.42 Å². The fraction of sp³-hybridized carbons (Fsp3) is 0.350. The van der Waals surface area contributed by atoms with Gasteiger partial charge in [0.25, 0.3) is 0 Å². The SMILES string of the molecule is CCc1c(NC(=O)N2CCC(c3ccon3)CC2)cnn1-c1ccc(Cl)cc1. The van der Waals surface area contributed by atoms with Crippen LogP contribution in [0.15, 0.2) is 47.3 Å². The van der Waals surface area contributed by atoms with Gasteiger partial charge in [-0.15, -0.1) is 0 Å². The van der Waals surface area contributed by atoms with E-state index in [1.807, 2.05) is 46.8 Å². The quantitative estimate of drug-likeness (QED) is 0.701. The third kappa shape index (κ3) is 3.75. The van der Waals surface area contributed by atoms with Gasteiger partial charge in [0.05, 0.1) is 29.0 Å². The molecule has 0 radical (unpaired) electrons. The topological polar surface area (TPSA) is 76.2 Å². The van der Waals surface area contributed by atoms with Gasteiger partial charge in [0, 0.05) is 30.1 Å². The number of benzene rings is 1. The van der Waals surface area contributed by atoms with E-state index in [9.17, 15) is 4.79 Å². The molecule has 7 nitrogen and oxygen atoms in total. The predicted molar refractivity (Wildman–Crippen MR) is 107 cm³/mol. The monoisotopic (exact) mass is 399 g/mol. The number of urea groups is 1. The Bertz CT molecular complexity index is 928. The smallest absolute Gasteiger partial charge is 0.321 e. The van der Waals surface area contributed by atoms with Gasteiger partial charge in [0.15, 0.2) is 0 Å². The zero-order valence-corrected chi connectivity index (χ0v) is 16.4. The average Bonchev–Trinajstić information content (AvgIpc) is 3.39. The summed E-state index contributed by atoms with van der Waals surface area (Å²) >= 11 is 5.97. The number of hydrogen-bond acceptors (Lipinski definition) is 4. The van der Waals surface area contributed by atoms with E-state index >= 15 is 0 Å². The highest BCUT2D eigenvalue weighted by atomic mass is 35.5. The second kappa shape index (κ2) is 8.06. The maximum atomic E-state index is 12.7. The molecule has 1 saturated heterocycles. The number of nitrogens with zero attached hydrogens (tertiary/aromatic N) is 4. The molecule has 1 aromatic carbocycles. The maximum absolute atomic E-state index is 12.7. The van der Waals surface area contributed by atoms with Crippen LogP contribution in [-0.4, -0.2) is 39.0 Å². The molecule has 4 rings (SSSR count). The molecule has 146 valence electrons. The van der Waals surface area contributed by atoms with E-state index in [1.165, 1.54) is 0 Å². The molecular formula is C20H22ClN5O2. The summed E-state index contributed by atoms with van der Waals surface area (Å²) in [6.07, 6.45) is 5.80. The van der Waals surface area contributed by atoms with Crippen LogP contribution in [0.5, 0.6) is 0 Å². The largest absolute Gasteiger partial charge is 0.365 e. The first-order chi connectivity index (χ1) is 13.7. The van der Waals surface area contributed by atoms with Crippen LogP contribution in [0.1, 0.15) is 37.1 Å². The molecule has 8 heteroatoms. The minimum atomic E-state index is -0.0936. The van der Waals surface area contributed by atoms with Crippen molar-refractivity contribution in [2.75, 3.05) is 18.4 Å². The number of nitrogens with one attached hydrogen (secondary N) is 1. The highest BCUT2D eigenvalue weighted by Gasteiger charge is 2.26. The number of piperidine rings is 1. The molecule has 0 unspecified atom stereocenters. The van der Waals surface area contributed by atoms with E-state index in [1.54, 1.807) is 12.5 Å². The number of carbonyl (C=O) groups excluding carboxylic acids is 1. The van der Waals surface area contributed by atoms with E-state index in [-0.39, 0.29) is 6.03 Å². The number of likely N-dealkylation sites (tertiary alicyclic amines) is 1. The van der Waals surface area contributed by atoms with Gasteiger partial charge in [0.1, 0.15) is 6.26 Å². The Balaban J connectivity index is 1.43.